The topological polar surface area (TPSA) is 126 Å². The van der Waals surface area contributed by atoms with Crippen molar-refractivity contribution in [2.75, 3.05) is 63.4 Å². The number of amides is 5. The summed E-state index contributed by atoms with van der Waals surface area (Å²) in [5, 5.41) is 11.9. The van der Waals surface area contributed by atoms with E-state index in [0.717, 1.165) is 60.7 Å². The summed E-state index contributed by atoms with van der Waals surface area (Å²) in [6.07, 6.45) is 3.57. The lowest BCUT2D eigenvalue weighted by Crippen LogP contribution is -2.58. The number of likely N-dealkylation sites (tertiary alicyclic amines) is 2. The van der Waals surface area contributed by atoms with Crippen molar-refractivity contribution in [3.05, 3.63) is 44.6 Å². The Kier molecular flexibility index (Phi) is 9.51. The van der Waals surface area contributed by atoms with Gasteiger partial charge in [0, 0.05) is 75.7 Å². The maximum atomic E-state index is 14.0. The second kappa shape index (κ2) is 13.5. The first-order valence-corrected chi connectivity index (χ1v) is 17.0. The average molecular weight is 643 g/mol. The van der Waals surface area contributed by atoms with Crippen LogP contribution in [0.4, 0.5) is 21.0 Å². The third kappa shape index (κ3) is 6.78. The maximum Gasteiger partial charge on any atom is 0.322 e. The van der Waals surface area contributed by atoms with E-state index < -0.39 is 6.04 Å². The molecule has 0 radical (unpaired) electrons. The Morgan fingerprint density at radius 1 is 1.05 bits per heavy atom. The molecule has 5 heterocycles. The molecule has 0 bridgehead atoms. The van der Waals surface area contributed by atoms with Crippen molar-refractivity contribution in [2.24, 2.45) is 0 Å². The minimum absolute atomic E-state index is 0.0589. The molecule has 238 valence electrons. The number of anilines is 2. The van der Waals surface area contributed by atoms with Gasteiger partial charge in [-0.2, -0.15) is 0 Å². The van der Waals surface area contributed by atoms with Gasteiger partial charge in [-0.15, -0.1) is 11.3 Å². The zero-order chi connectivity index (χ0) is 30.8. The van der Waals surface area contributed by atoms with Crippen LogP contribution in [0.3, 0.4) is 0 Å². The van der Waals surface area contributed by atoms with Gasteiger partial charge in [-0.1, -0.05) is 17.7 Å². The van der Waals surface area contributed by atoms with Gasteiger partial charge in [0.25, 0.3) is 0 Å². The van der Waals surface area contributed by atoms with E-state index in [9.17, 15) is 14.4 Å². The summed E-state index contributed by atoms with van der Waals surface area (Å²) in [5.41, 5.74) is 9.21. The summed E-state index contributed by atoms with van der Waals surface area (Å²) in [7, 11) is 0. The van der Waals surface area contributed by atoms with E-state index in [2.05, 4.69) is 20.9 Å². The van der Waals surface area contributed by atoms with Gasteiger partial charge in [0.2, 0.25) is 5.91 Å². The van der Waals surface area contributed by atoms with Gasteiger partial charge in [-0.25, -0.2) is 9.59 Å². The van der Waals surface area contributed by atoms with Crippen LogP contribution in [-0.2, 0) is 17.8 Å². The van der Waals surface area contributed by atoms with E-state index in [1.807, 2.05) is 34.2 Å². The number of hydrogen-bond acceptors (Lipinski definition) is 7. The normalized spacial score (nSPS) is 21.1. The standard InChI is InChI=1S/C31H43ClN8O3S/c1-20-16-21(17-24(32)28(20)33)18-26(29(41)38-9-2-22(3-10-38)37-13-7-34-8-14-37)36-30(42)39-11-4-23(5-12-39)40-19-27-25(6-15-44-27)35-31(40)43/h6,15-17,22-23,26,34H,2-5,7-14,18-19,33H2,1H3,(H,35,43)(H,36,42)/t26-/m1/s1. The number of piperidine rings is 2. The number of nitrogen functional groups attached to an aromatic ring is 1. The molecule has 0 aliphatic carbocycles. The van der Waals surface area contributed by atoms with Gasteiger partial charge >= 0.3 is 12.1 Å². The van der Waals surface area contributed by atoms with Crippen molar-refractivity contribution < 1.29 is 14.4 Å². The molecule has 2 aromatic rings. The van der Waals surface area contributed by atoms with E-state index >= 15 is 0 Å². The molecule has 0 saturated carbocycles. The Morgan fingerprint density at radius 2 is 1.73 bits per heavy atom. The first kappa shape index (κ1) is 30.9. The van der Waals surface area contributed by atoms with Gasteiger partial charge in [-0.05, 0) is 61.2 Å². The molecule has 1 aromatic carbocycles. The van der Waals surface area contributed by atoms with Crippen molar-refractivity contribution in [3.8, 4) is 0 Å². The monoisotopic (exact) mass is 642 g/mol. The Balaban J connectivity index is 1.09. The number of nitrogens with zero attached hydrogens (tertiary/aromatic N) is 4. The van der Waals surface area contributed by atoms with Crippen molar-refractivity contribution in [2.45, 2.75) is 63.7 Å². The fraction of sp³-hybridized carbons (Fsp3) is 0.581. The minimum Gasteiger partial charge on any atom is -0.397 e. The molecule has 0 unspecified atom stereocenters. The molecule has 1 aromatic heterocycles. The van der Waals surface area contributed by atoms with Crippen LogP contribution in [0.25, 0.3) is 0 Å². The number of aryl methyl sites for hydroxylation is 1. The third-order valence-corrected chi connectivity index (χ3v) is 10.8. The minimum atomic E-state index is -0.722. The highest BCUT2D eigenvalue weighted by Crippen LogP contribution is 2.31. The van der Waals surface area contributed by atoms with E-state index in [4.69, 9.17) is 17.3 Å². The predicted molar refractivity (Wildman–Crippen MR) is 174 cm³/mol. The van der Waals surface area contributed by atoms with Gasteiger partial charge in [0.1, 0.15) is 6.04 Å². The van der Waals surface area contributed by atoms with Gasteiger partial charge in [-0.3, -0.25) is 9.69 Å². The number of halogens is 1. The highest BCUT2D eigenvalue weighted by molar-refractivity contribution is 7.10. The van der Waals surface area contributed by atoms with Crippen LogP contribution in [0.1, 0.15) is 41.7 Å². The van der Waals surface area contributed by atoms with Crippen molar-refractivity contribution in [1.29, 1.82) is 0 Å². The van der Waals surface area contributed by atoms with Crippen LogP contribution >= 0.6 is 22.9 Å². The van der Waals surface area contributed by atoms with E-state index in [0.29, 0.717) is 68.7 Å². The molecule has 0 spiro atoms. The lowest BCUT2D eigenvalue weighted by molar-refractivity contribution is -0.134. The molecule has 1 atom stereocenters. The smallest absolute Gasteiger partial charge is 0.322 e. The summed E-state index contributed by atoms with van der Waals surface area (Å²) in [4.78, 5) is 49.6. The molecular formula is C31H43ClN8O3S. The fourth-order valence-corrected chi connectivity index (χ4v) is 8.12. The fourth-order valence-electron chi connectivity index (χ4n) is 7.00. The van der Waals surface area contributed by atoms with Gasteiger partial charge in [0.05, 0.1) is 22.9 Å². The number of nitrogens with one attached hydrogen (secondary N) is 3. The molecular weight excluding hydrogens is 600 g/mol. The molecule has 13 heteroatoms. The molecule has 4 aliphatic rings. The number of carbonyl (C=O) groups is 3. The highest BCUT2D eigenvalue weighted by Gasteiger charge is 2.36. The summed E-state index contributed by atoms with van der Waals surface area (Å²) < 4.78 is 0. The Morgan fingerprint density at radius 3 is 2.43 bits per heavy atom. The zero-order valence-electron chi connectivity index (χ0n) is 25.3. The molecule has 6 rings (SSSR count). The predicted octanol–water partition coefficient (Wildman–Crippen LogP) is 3.32. The molecule has 4 aliphatic heterocycles. The number of carbonyl (C=O) groups excluding carboxylic acids is 3. The third-order valence-electron chi connectivity index (χ3n) is 9.63. The number of hydrogen-bond donors (Lipinski definition) is 4. The number of thiophene rings is 1. The quantitative estimate of drug-likeness (QED) is 0.358. The van der Waals surface area contributed by atoms with Crippen molar-refractivity contribution in [1.82, 2.24) is 30.2 Å². The van der Waals surface area contributed by atoms with Crippen LogP contribution < -0.4 is 21.7 Å². The molecule has 5 N–H and O–H groups in total. The first-order valence-electron chi connectivity index (χ1n) is 15.7. The summed E-state index contributed by atoms with van der Waals surface area (Å²) in [6, 6.07) is 5.17. The SMILES string of the molecule is Cc1cc(C[C@@H](NC(=O)N2CCC(N3Cc4sccc4NC3=O)CC2)C(=O)N2CCC(N3CCNCC3)CC2)cc(Cl)c1N. The molecule has 44 heavy (non-hydrogen) atoms. The van der Waals surface area contributed by atoms with Crippen molar-refractivity contribution in [3.63, 3.8) is 0 Å². The van der Waals surface area contributed by atoms with Gasteiger partial charge in [0.15, 0.2) is 0 Å². The van der Waals surface area contributed by atoms with Crippen LogP contribution in [0.2, 0.25) is 5.02 Å². The Bertz CT molecular complexity index is 1340. The van der Waals surface area contributed by atoms with E-state index in [1.54, 1.807) is 22.3 Å². The molecule has 3 saturated heterocycles. The second-order valence-electron chi connectivity index (χ2n) is 12.4. The molecule has 5 amide bonds. The molecule has 11 nitrogen and oxygen atoms in total. The van der Waals surface area contributed by atoms with Gasteiger partial charge < -0.3 is 36.4 Å². The number of rotatable bonds is 6. The number of urea groups is 2. The number of fused-ring (bicyclic) bond motifs is 1. The summed E-state index contributed by atoms with van der Waals surface area (Å²) in [6.45, 7) is 8.99. The van der Waals surface area contributed by atoms with E-state index in [-0.39, 0.29) is 24.0 Å². The van der Waals surface area contributed by atoms with E-state index in [1.165, 1.54) is 0 Å². The zero-order valence-corrected chi connectivity index (χ0v) is 26.9. The average Bonchev–Trinajstić information content (AvgIpc) is 3.50. The maximum absolute atomic E-state index is 14.0. The lowest BCUT2D eigenvalue weighted by atomic mass is 9.98. The highest BCUT2D eigenvalue weighted by atomic mass is 35.5. The van der Waals surface area contributed by atoms with Crippen molar-refractivity contribution >= 4 is 52.3 Å². The number of piperazine rings is 1. The van der Waals surface area contributed by atoms with Crippen LogP contribution in [0.15, 0.2) is 23.6 Å². The lowest BCUT2D eigenvalue weighted by Gasteiger charge is -2.41. The number of benzene rings is 1. The Hall–Kier alpha value is -3.06. The van der Waals surface area contributed by atoms with Crippen LogP contribution in [-0.4, -0.2) is 108 Å². The largest absolute Gasteiger partial charge is 0.397 e. The summed E-state index contributed by atoms with van der Waals surface area (Å²) >= 11 is 8.05. The van der Waals surface area contributed by atoms with Crippen LogP contribution in [0.5, 0.6) is 0 Å². The molecule has 3 fully saturated rings. The van der Waals surface area contributed by atoms with Crippen LogP contribution in [0, 0.1) is 6.92 Å². The summed E-state index contributed by atoms with van der Waals surface area (Å²) in [5.74, 6) is -0.0608. The first-order chi connectivity index (χ1) is 21.3. The number of nitrogens with two attached hydrogens (primary N) is 1. The second-order valence-corrected chi connectivity index (χ2v) is 13.8. The Labute approximate surface area is 268 Å².